The van der Waals surface area contributed by atoms with Gasteiger partial charge in [-0.25, -0.2) is 0 Å². The van der Waals surface area contributed by atoms with E-state index in [1.54, 1.807) is 16.2 Å². The molecule has 0 saturated heterocycles. The van der Waals surface area contributed by atoms with Crippen LogP contribution in [0.3, 0.4) is 0 Å². The van der Waals surface area contributed by atoms with Crippen LogP contribution in [-0.2, 0) is 22.6 Å². The lowest BCUT2D eigenvalue weighted by atomic mass is 10.1. The Kier molecular flexibility index (Phi) is 3.76. The number of fused-ring (bicyclic) bond motifs is 1. The highest BCUT2D eigenvalue weighted by molar-refractivity contribution is 7.10. The lowest BCUT2D eigenvalue weighted by Gasteiger charge is -2.29. The number of rotatable bonds is 5. The topological polar surface area (TPSA) is 60.9 Å². The van der Waals surface area contributed by atoms with Gasteiger partial charge in [-0.2, -0.15) is 0 Å². The standard InChI is InChI=1S/C14H18N2O3S/c17-13(8-16(9-14(18)19)11-1-2-11)15-5-3-12-10(7-15)4-6-20-12/h4,6,11H,1-3,5,7-9H2,(H,18,19). The smallest absolute Gasteiger partial charge is 0.317 e. The van der Waals surface area contributed by atoms with Crippen LogP contribution < -0.4 is 0 Å². The van der Waals surface area contributed by atoms with Gasteiger partial charge in [0.05, 0.1) is 13.1 Å². The molecule has 1 aliphatic heterocycles. The second kappa shape index (κ2) is 5.54. The van der Waals surface area contributed by atoms with Crippen molar-refractivity contribution in [2.45, 2.75) is 31.8 Å². The largest absolute Gasteiger partial charge is 0.480 e. The average Bonchev–Trinajstić information content (AvgIpc) is 3.15. The van der Waals surface area contributed by atoms with Crippen LogP contribution in [0.5, 0.6) is 0 Å². The molecule has 0 aromatic carbocycles. The third-order valence-electron chi connectivity index (χ3n) is 3.90. The van der Waals surface area contributed by atoms with Crippen LogP contribution >= 0.6 is 11.3 Å². The second-order valence-electron chi connectivity index (χ2n) is 5.46. The summed E-state index contributed by atoms with van der Waals surface area (Å²) in [5.74, 6) is -0.807. The van der Waals surface area contributed by atoms with Gasteiger partial charge in [0.25, 0.3) is 0 Å². The lowest BCUT2D eigenvalue weighted by molar-refractivity contribution is -0.140. The summed E-state index contributed by atoms with van der Waals surface area (Å²) in [6, 6.07) is 2.37. The predicted octanol–water partition coefficient (Wildman–Crippen LogP) is 1.18. The molecule has 1 saturated carbocycles. The highest BCUT2D eigenvalue weighted by Gasteiger charge is 2.33. The molecule has 20 heavy (non-hydrogen) atoms. The molecule has 0 bridgehead atoms. The van der Waals surface area contributed by atoms with Crippen LogP contribution in [0.15, 0.2) is 11.4 Å². The van der Waals surface area contributed by atoms with Crippen molar-refractivity contribution in [1.29, 1.82) is 0 Å². The fraction of sp³-hybridized carbons (Fsp3) is 0.571. The minimum Gasteiger partial charge on any atom is -0.480 e. The number of carboxylic acids is 1. The van der Waals surface area contributed by atoms with E-state index in [-0.39, 0.29) is 25.0 Å². The number of carbonyl (C=O) groups is 2. The Bertz CT molecular complexity index is 524. The molecule has 1 aromatic rings. The van der Waals surface area contributed by atoms with Gasteiger partial charge in [-0.05, 0) is 36.3 Å². The lowest BCUT2D eigenvalue weighted by Crippen LogP contribution is -2.44. The first-order valence-corrected chi connectivity index (χ1v) is 7.80. The summed E-state index contributed by atoms with van der Waals surface area (Å²) in [5, 5.41) is 11.0. The molecule has 108 valence electrons. The van der Waals surface area contributed by atoms with Crippen molar-refractivity contribution in [3.8, 4) is 0 Å². The fourth-order valence-electron chi connectivity index (χ4n) is 2.66. The number of aliphatic carboxylic acids is 1. The third-order valence-corrected chi connectivity index (χ3v) is 4.92. The molecule has 3 rings (SSSR count). The van der Waals surface area contributed by atoms with Crippen molar-refractivity contribution >= 4 is 23.2 Å². The molecule has 1 N–H and O–H groups in total. The second-order valence-corrected chi connectivity index (χ2v) is 6.46. The zero-order valence-electron chi connectivity index (χ0n) is 11.2. The first kappa shape index (κ1) is 13.6. The maximum absolute atomic E-state index is 12.3. The van der Waals surface area contributed by atoms with Crippen molar-refractivity contribution in [2.75, 3.05) is 19.6 Å². The SMILES string of the molecule is O=C(O)CN(CC(=O)N1CCc2sccc2C1)C1CC1. The summed E-state index contributed by atoms with van der Waals surface area (Å²) >= 11 is 1.75. The van der Waals surface area contributed by atoms with Crippen molar-refractivity contribution in [2.24, 2.45) is 0 Å². The van der Waals surface area contributed by atoms with E-state index in [2.05, 4.69) is 11.4 Å². The van der Waals surface area contributed by atoms with Gasteiger partial charge < -0.3 is 10.0 Å². The van der Waals surface area contributed by atoms with Gasteiger partial charge in [-0.1, -0.05) is 0 Å². The van der Waals surface area contributed by atoms with E-state index in [9.17, 15) is 9.59 Å². The molecular weight excluding hydrogens is 276 g/mol. The minimum atomic E-state index is -0.858. The van der Waals surface area contributed by atoms with Crippen LogP contribution in [0.1, 0.15) is 23.3 Å². The van der Waals surface area contributed by atoms with Gasteiger partial charge in [0, 0.05) is 24.0 Å². The summed E-state index contributed by atoms with van der Waals surface area (Å²) in [4.78, 5) is 28.2. The number of hydrogen-bond donors (Lipinski definition) is 1. The first-order chi connectivity index (χ1) is 9.63. The van der Waals surface area contributed by atoms with E-state index in [1.807, 2.05) is 4.90 Å². The van der Waals surface area contributed by atoms with Crippen LogP contribution in [0, 0.1) is 0 Å². The molecule has 5 nitrogen and oxygen atoms in total. The van der Waals surface area contributed by atoms with Crippen LogP contribution in [-0.4, -0.2) is 52.5 Å². The van der Waals surface area contributed by atoms with Crippen LogP contribution in [0.4, 0.5) is 0 Å². The quantitative estimate of drug-likeness (QED) is 0.886. The molecule has 0 radical (unpaired) electrons. The highest BCUT2D eigenvalue weighted by Crippen LogP contribution is 2.27. The molecule has 1 fully saturated rings. The summed E-state index contributed by atoms with van der Waals surface area (Å²) in [5.41, 5.74) is 1.24. The van der Waals surface area contributed by atoms with E-state index < -0.39 is 5.97 Å². The normalized spacial score (nSPS) is 18.1. The Morgan fingerprint density at radius 2 is 2.20 bits per heavy atom. The molecular formula is C14H18N2O3S. The Labute approximate surface area is 121 Å². The Balaban J connectivity index is 1.60. The molecule has 0 unspecified atom stereocenters. The minimum absolute atomic E-state index is 0.0338. The molecule has 2 aliphatic rings. The molecule has 2 heterocycles. The summed E-state index contributed by atoms with van der Waals surface area (Å²) in [6.45, 7) is 1.62. The van der Waals surface area contributed by atoms with Crippen molar-refractivity contribution in [3.63, 3.8) is 0 Å². The fourth-order valence-corrected chi connectivity index (χ4v) is 3.55. The molecule has 1 aliphatic carbocycles. The highest BCUT2D eigenvalue weighted by atomic mass is 32.1. The number of nitrogens with zero attached hydrogens (tertiary/aromatic N) is 2. The first-order valence-electron chi connectivity index (χ1n) is 6.92. The Morgan fingerprint density at radius 1 is 1.40 bits per heavy atom. The summed E-state index contributed by atoms with van der Waals surface area (Å²) in [6.07, 6.45) is 2.94. The van der Waals surface area contributed by atoms with Gasteiger partial charge in [0.1, 0.15) is 0 Å². The van der Waals surface area contributed by atoms with Crippen molar-refractivity contribution < 1.29 is 14.7 Å². The predicted molar refractivity (Wildman–Crippen MR) is 75.7 cm³/mol. The summed E-state index contributed by atoms with van der Waals surface area (Å²) < 4.78 is 0. The molecule has 1 aromatic heterocycles. The number of carbonyl (C=O) groups excluding carboxylic acids is 1. The van der Waals surface area contributed by atoms with Crippen molar-refractivity contribution in [3.05, 3.63) is 21.9 Å². The average molecular weight is 294 g/mol. The maximum Gasteiger partial charge on any atom is 0.317 e. The zero-order valence-corrected chi connectivity index (χ0v) is 12.1. The van der Waals surface area contributed by atoms with E-state index in [0.29, 0.717) is 6.54 Å². The Hall–Kier alpha value is -1.40. The number of carboxylic acid groups (broad SMARTS) is 1. The zero-order chi connectivity index (χ0) is 14.1. The van der Waals surface area contributed by atoms with E-state index >= 15 is 0 Å². The maximum atomic E-state index is 12.3. The van der Waals surface area contributed by atoms with Gasteiger partial charge in [-0.3, -0.25) is 14.5 Å². The van der Waals surface area contributed by atoms with Crippen LogP contribution in [0.25, 0.3) is 0 Å². The van der Waals surface area contributed by atoms with Crippen molar-refractivity contribution in [1.82, 2.24) is 9.80 Å². The third kappa shape index (κ3) is 3.02. The van der Waals surface area contributed by atoms with Gasteiger partial charge >= 0.3 is 5.97 Å². The number of amides is 1. The van der Waals surface area contributed by atoms with Gasteiger partial charge in [0.15, 0.2) is 0 Å². The van der Waals surface area contributed by atoms with E-state index in [4.69, 9.17) is 5.11 Å². The molecule has 6 heteroatoms. The monoisotopic (exact) mass is 294 g/mol. The van der Waals surface area contributed by atoms with Crippen LogP contribution in [0.2, 0.25) is 0 Å². The molecule has 0 spiro atoms. The summed E-state index contributed by atoms with van der Waals surface area (Å²) in [7, 11) is 0. The van der Waals surface area contributed by atoms with Gasteiger partial charge in [0.2, 0.25) is 5.91 Å². The number of hydrogen-bond acceptors (Lipinski definition) is 4. The molecule has 1 amide bonds. The Morgan fingerprint density at radius 3 is 2.90 bits per heavy atom. The van der Waals surface area contributed by atoms with Gasteiger partial charge in [-0.15, -0.1) is 11.3 Å². The van der Waals surface area contributed by atoms with E-state index in [1.165, 1.54) is 10.4 Å². The number of thiophene rings is 1. The van der Waals surface area contributed by atoms with E-state index in [0.717, 1.165) is 25.8 Å². The molecule has 0 atom stereocenters.